The van der Waals surface area contributed by atoms with E-state index in [2.05, 4.69) is 31.5 Å². The van der Waals surface area contributed by atoms with Crippen LogP contribution in [0.1, 0.15) is 15.9 Å². The molecule has 0 saturated carbocycles. The third kappa shape index (κ3) is 4.00. The minimum absolute atomic E-state index is 0.206. The molecule has 0 fully saturated rings. The molecule has 0 aliphatic heterocycles. The standard InChI is InChI=1S/C19H16BrN3O/c1-13-5-4-6-15(9-13)22-16-10-14(11-21-12-16)19(24)23-18-8-3-2-7-17(18)20/h2-12,22H,1H3,(H,23,24). The number of rotatable bonds is 4. The SMILES string of the molecule is Cc1cccc(Nc2cncc(C(=O)Nc3ccccc3Br)c2)c1. The molecule has 0 aliphatic rings. The van der Waals surface area contributed by atoms with E-state index in [9.17, 15) is 4.79 Å². The number of halogens is 1. The van der Waals surface area contributed by atoms with E-state index in [0.29, 0.717) is 5.56 Å². The quantitative estimate of drug-likeness (QED) is 0.656. The lowest BCUT2D eigenvalue weighted by Gasteiger charge is -2.10. The summed E-state index contributed by atoms with van der Waals surface area (Å²) < 4.78 is 0.834. The topological polar surface area (TPSA) is 54.0 Å². The Kier molecular flexibility index (Phi) is 4.91. The highest BCUT2D eigenvalue weighted by Crippen LogP contribution is 2.23. The molecule has 0 spiro atoms. The first-order chi connectivity index (χ1) is 11.6. The molecule has 5 heteroatoms. The zero-order valence-corrected chi connectivity index (χ0v) is 14.7. The summed E-state index contributed by atoms with van der Waals surface area (Å²) in [4.78, 5) is 16.6. The van der Waals surface area contributed by atoms with Gasteiger partial charge in [0, 0.05) is 16.4 Å². The van der Waals surface area contributed by atoms with Crippen LogP contribution in [-0.4, -0.2) is 10.9 Å². The van der Waals surface area contributed by atoms with Crippen LogP contribution >= 0.6 is 15.9 Å². The summed E-state index contributed by atoms with van der Waals surface area (Å²) in [5.41, 5.74) is 4.10. The summed E-state index contributed by atoms with van der Waals surface area (Å²) >= 11 is 3.42. The fourth-order valence-electron chi connectivity index (χ4n) is 2.28. The van der Waals surface area contributed by atoms with Gasteiger partial charge in [0.05, 0.1) is 23.1 Å². The number of hydrogen-bond donors (Lipinski definition) is 2. The van der Waals surface area contributed by atoms with Crippen LogP contribution in [-0.2, 0) is 0 Å². The van der Waals surface area contributed by atoms with Crippen molar-refractivity contribution in [2.45, 2.75) is 6.92 Å². The van der Waals surface area contributed by atoms with Crippen molar-refractivity contribution in [2.24, 2.45) is 0 Å². The molecule has 1 amide bonds. The molecule has 0 bridgehead atoms. The van der Waals surface area contributed by atoms with Crippen LogP contribution in [0.2, 0.25) is 0 Å². The molecule has 0 radical (unpaired) electrons. The van der Waals surface area contributed by atoms with Crippen molar-refractivity contribution in [1.82, 2.24) is 4.98 Å². The van der Waals surface area contributed by atoms with E-state index in [1.807, 2.05) is 55.5 Å². The number of anilines is 3. The van der Waals surface area contributed by atoms with Gasteiger partial charge < -0.3 is 10.6 Å². The highest BCUT2D eigenvalue weighted by atomic mass is 79.9. The lowest BCUT2D eigenvalue weighted by atomic mass is 10.2. The van der Waals surface area contributed by atoms with Crippen LogP contribution in [0.4, 0.5) is 17.1 Å². The summed E-state index contributed by atoms with van der Waals surface area (Å²) in [6, 6.07) is 17.3. The highest BCUT2D eigenvalue weighted by Gasteiger charge is 2.09. The first kappa shape index (κ1) is 16.2. The molecule has 3 aromatic rings. The third-order valence-electron chi connectivity index (χ3n) is 3.43. The Morgan fingerprint density at radius 3 is 2.62 bits per heavy atom. The fourth-order valence-corrected chi connectivity index (χ4v) is 2.66. The molecule has 2 N–H and O–H groups in total. The van der Waals surface area contributed by atoms with Crippen molar-refractivity contribution in [2.75, 3.05) is 10.6 Å². The average molecular weight is 382 g/mol. The fraction of sp³-hybridized carbons (Fsp3) is 0.0526. The number of hydrogen-bond acceptors (Lipinski definition) is 3. The van der Waals surface area contributed by atoms with E-state index in [1.165, 1.54) is 0 Å². The minimum atomic E-state index is -0.206. The lowest BCUT2D eigenvalue weighted by molar-refractivity contribution is 0.102. The van der Waals surface area contributed by atoms with Crippen molar-refractivity contribution in [3.63, 3.8) is 0 Å². The van der Waals surface area contributed by atoms with E-state index in [4.69, 9.17) is 0 Å². The van der Waals surface area contributed by atoms with Crippen molar-refractivity contribution in [3.8, 4) is 0 Å². The molecular weight excluding hydrogens is 366 g/mol. The first-order valence-corrected chi connectivity index (χ1v) is 8.26. The maximum atomic E-state index is 12.4. The van der Waals surface area contributed by atoms with Crippen LogP contribution in [0.5, 0.6) is 0 Å². The van der Waals surface area contributed by atoms with Crippen LogP contribution in [0, 0.1) is 6.92 Å². The predicted octanol–water partition coefficient (Wildman–Crippen LogP) is 5.15. The molecule has 3 rings (SSSR count). The Morgan fingerprint density at radius 2 is 1.83 bits per heavy atom. The molecule has 0 unspecified atom stereocenters. The maximum absolute atomic E-state index is 12.4. The average Bonchev–Trinajstić information content (AvgIpc) is 2.57. The number of pyridine rings is 1. The van der Waals surface area contributed by atoms with E-state index >= 15 is 0 Å². The second kappa shape index (κ2) is 7.27. The molecule has 0 atom stereocenters. The van der Waals surface area contributed by atoms with Gasteiger partial charge in [-0.15, -0.1) is 0 Å². The molecule has 0 saturated heterocycles. The van der Waals surface area contributed by atoms with Crippen molar-refractivity contribution >= 4 is 38.9 Å². The van der Waals surface area contributed by atoms with Gasteiger partial charge in [-0.05, 0) is 58.7 Å². The molecule has 1 heterocycles. The van der Waals surface area contributed by atoms with E-state index in [1.54, 1.807) is 18.5 Å². The third-order valence-corrected chi connectivity index (χ3v) is 4.12. The number of aryl methyl sites for hydroxylation is 1. The summed E-state index contributed by atoms with van der Waals surface area (Å²) in [5, 5.41) is 6.14. The second-order valence-electron chi connectivity index (χ2n) is 5.39. The van der Waals surface area contributed by atoms with Crippen molar-refractivity contribution in [1.29, 1.82) is 0 Å². The van der Waals surface area contributed by atoms with Gasteiger partial charge in [-0.2, -0.15) is 0 Å². The van der Waals surface area contributed by atoms with Gasteiger partial charge in [0.1, 0.15) is 0 Å². The number of benzene rings is 2. The maximum Gasteiger partial charge on any atom is 0.257 e. The van der Waals surface area contributed by atoms with Gasteiger partial charge in [-0.1, -0.05) is 24.3 Å². The van der Waals surface area contributed by atoms with Crippen molar-refractivity contribution < 1.29 is 4.79 Å². The molecule has 120 valence electrons. The number of carbonyl (C=O) groups is 1. The largest absolute Gasteiger partial charge is 0.354 e. The van der Waals surface area contributed by atoms with Crippen LogP contribution in [0.25, 0.3) is 0 Å². The number of para-hydroxylation sites is 1. The normalized spacial score (nSPS) is 10.2. The predicted molar refractivity (Wildman–Crippen MR) is 101 cm³/mol. The number of carbonyl (C=O) groups excluding carboxylic acids is 1. The van der Waals surface area contributed by atoms with E-state index in [0.717, 1.165) is 27.1 Å². The monoisotopic (exact) mass is 381 g/mol. The van der Waals surface area contributed by atoms with Crippen LogP contribution < -0.4 is 10.6 Å². The summed E-state index contributed by atoms with van der Waals surface area (Å²) in [7, 11) is 0. The van der Waals surface area contributed by atoms with Crippen LogP contribution in [0.15, 0.2) is 71.5 Å². The van der Waals surface area contributed by atoms with E-state index in [-0.39, 0.29) is 5.91 Å². The molecule has 24 heavy (non-hydrogen) atoms. The molecule has 2 aromatic carbocycles. The first-order valence-electron chi connectivity index (χ1n) is 7.46. The van der Waals surface area contributed by atoms with Gasteiger partial charge in [0.15, 0.2) is 0 Å². The lowest BCUT2D eigenvalue weighted by Crippen LogP contribution is -2.12. The second-order valence-corrected chi connectivity index (χ2v) is 6.25. The highest BCUT2D eigenvalue weighted by molar-refractivity contribution is 9.10. The molecule has 1 aromatic heterocycles. The summed E-state index contributed by atoms with van der Waals surface area (Å²) in [6.07, 6.45) is 3.24. The number of aromatic nitrogens is 1. The summed E-state index contributed by atoms with van der Waals surface area (Å²) in [6.45, 7) is 2.03. The zero-order chi connectivity index (χ0) is 16.9. The number of amides is 1. The van der Waals surface area contributed by atoms with E-state index < -0.39 is 0 Å². The van der Waals surface area contributed by atoms with Crippen LogP contribution in [0.3, 0.4) is 0 Å². The Bertz CT molecular complexity index is 880. The van der Waals surface area contributed by atoms with Crippen molar-refractivity contribution in [3.05, 3.63) is 82.6 Å². The smallest absolute Gasteiger partial charge is 0.257 e. The van der Waals surface area contributed by atoms with Gasteiger partial charge in [-0.3, -0.25) is 9.78 Å². The van der Waals surface area contributed by atoms with Gasteiger partial charge >= 0.3 is 0 Å². The summed E-state index contributed by atoms with van der Waals surface area (Å²) in [5.74, 6) is -0.206. The Morgan fingerprint density at radius 1 is 1.00 bits per heavy atom. The Labute approximate surface area is 149 Å². The molecular formula is C19H16BrN3O. The van der Waals surface area contributed by atoms with Gasteiger partial charge in [-0.25, -0.2) is 0 Å². The molecule has 4 nitrogen and oxygen atoms in total. The number of nitrogens with one attached hydrogen (secondary N) is 2. The van der Waals surface area contributed by atoms with Gasteiger partial charge in [0.2, 0.25) is 0 Å². The minimum Gasteiger partial charge on any atom is -0.354 e. The number of nitrogens with zero attached hydrogens (tertiary/aromatic N) is 1. The molecule has 0 aliphatic carbocycles. The Hall–Kier alpha value is -2.66. The zero-order valence-electron chi connectivity index (χ0n) is 13.1. The van der Waals surface area contributed by atoms with Gasteiger partial charge in [0.25, 0.3) is 5.91 Å². The Balaban J connectivity index is 1.77.